The molecule has 0 saturated carbocycles. The second kappa shape index (κ2) is 9.97. The molecule has 0 atom stereocenters. The van der Waals surface area contributed by atoms with Gasteiger partial charge in [0.25, 0.3) is 0 Å². The Morgan fingerprint density at radius 1 is 0.853 bits per heavy atom. The van der Waals surface area contributed by atoms with Crippen LogP contribution in [0.25, 0.3) is 11.4 Å². The first-order valence-corrected chi connectivity index (χ1v) is 11.7. The Hall–Kier alpha value is -3.84. The predicted molar refractivity (Wildman–Crippen MR) is 137 cm³/mol. The molecule has 2 N–H and O–H groups in total. The van der Waals surface area contributed by atoms with Gasteiger partial charge in [0, 0.05) is 24.3 Å². The molecule has 7 heteroatoms. The second-order valence-corrected chi connectivity index (χ2v) is 8.78. The van der Waals surface area contributed by atoms with Crippen molar-refractivity contribution in [2.75, 3.05) is 30.8 Å². The summed E-state index contributed by atoms with van der Waals surface area (Å²) in [5.41, 5.74) is 6.17. The van der Waals surface area contributed by atoms with Crippen molar-refractivity contribution < 1.29 is 0 Å². The predicted octanol–water partition coefficient (Wildman–Crippen LogP) is 5.54. The Morgan fingerprint density at radius 2 is 1.71 bits per heavy atom. The molecule has 0 aliphatic carbocycles. The van der Waals surface area contributed by atoms with Crippen LogP contribution < -0.4 is 10.6 Å². The van der Waals surface area contributed by atoms with Gasteiger partial charge in [0.15, 0.2) is 0 Å². The molecule has 0 radical (unpaired) electrons. The van der Waals surface area contributed by atoms with Crippen LogP contribution in [0.1, 0.15) is 29.9 Å². The van der Waals surface area contributed by atoms with Crippen LogP contribution >= 0.6 is 0 Å². The number of hydrogen-bond acceptors (Lipinski definition) is 7. The number of aryl methyl sites for hydroxylation is 1. The van der Waals surface area contributed by atoms with Crippen LogP contribution in [-0.2, 0) is 0 Å². The maximum Gasteiger partial charge on any atom is 0.229 e. The van der Waals surface area contributed by atoms with Gasteiger partial charge in [0.1, 0.15) is 11.5 Å². The number of piperidine rings is 1. The lowest BCUT2D eigenvalue weighted by Gasteiger charge is -2.30. The fourth-order valence-electron chi connectivity index (χ4n) is 4.50. The van der Waals surface area contributed by atoms with E-state index in [1.165, 1.54) is 24.0 Å². The van der Waals surface area contributed by atoms with E-state index < -0.39 is 0 Å². The van der Waals surface area contributed by atoms with Gasteiger partial charge in [0.2, 0.25) is 5.95 Å². The number of anilines is 4. The number of likely N-dealkylation sites (tertiary alicyclic amines) is 1. The van der Waals surface area contributed by atoms with E-state index in [4.69, 9.17) is 0 Å². The van der Waals surface area contributed by atoms with Crippen molar-refractivity contribution in [2.45, 2.75) is 25.7 Å². The van der Waals surface area contributed by atoms with Gasteiger partial charge in [-0.05, 0) is 99.4 Å². The van der Waals surface area contributed by atoms with Gasteiger partial charge in [-0.25, -0.2) is 4.98 Å². The molecule has 4 aromatic rings. The third-order valence-corrected chi connectivity index (χ3v) is 6.32. The molecule has 7 nitrogen and oxygen atoms in total. The summed E-state index contributed by atoms with van der Waals surface area (Å²) in [5, 5.41) is 6.72. The summed E-state index contributed by atoms with van der Waals surface area (Å²) in [6.45, 7) is 4.52. The van der Waals surface area contributed by atoms with Crippen molar-refractivity contribution >= 4 is 23.1 Å². The van der Waals surface area contributed by atoms with Crippen LogP contribution in [0, 0.1) is 6.92 Å². The molecular weight excluding hydrogens is 422 g/mol. The van der Waals surface area contributed by atoms with E-state index in [-0.39, 0.29) is 0 Å². The van der Waals surface area contributed by atoms with Crippen molar-refractivity contribution in [1.29, 1.82) is 0 Å². The number of rotatable bonds is 6. The lowest BCUT2D eigenvalue weighted by molar-refractivity contribution is 0.255. The summed E-state index contributed by atoms with van der Waals surface area (Å²) in [6, 6.07) is 18.1. The molecule has 1 fully saturated rings. The van der Waals surface area contributed by atoms with Crippen LogP contribution in [0.3, 0.4) is 0 Å². The van der Waals surface area contributed by atoms with Crippen LogP contribution in [-0.4, -0.2) is 45.0 Å². The topological polar surface area (TPSA) is 78.9 Å². The number of aromatic nitrogens is 4. The van der Waals surface area contributed by atoms with E-state index in [0.717, 1.165) is 35.9 Å². The van der Waals surface area contributed by atoms with Crippen molar-refractivity contribution in [1.82, 2.24) is 24.8 Å². The van der Waals surface area contributed by atoms with Gasteiger partial charge in [-0.2, -0.15) is 4.98 Å². The number of benzene rings is 1. The second-order valence-electron chi connectivity index (χ2n) is 8.78. The van der Waals surface area contributed by atoms with E-state index in [1.54, 1.807) is 18.6 Å². The van der Waals surface area contributed by atoms with E-state index in [2.05, 4.69) is 67.6 Å². The van der Waals surface area contributed by atoms with Gasteiger partial charge in [-0.15, -0.1) is 0 Å². The first kappa shape index (κ1) is 22.0. The molecule has 172 valence electrons. The highest BCUT2D eigenvalue weighted by molar-refractivity contribution is 5.75. The van der Waals surface area contributed by atoms with Crippen molar-refractivity contribution in [2.24, 2.45) is 0 Å². The number of pyridine rings is 2. The first-order chi connectivity index (χ1) is 16.7. The van der Waals surface area contributed by atoms with Gasteiger partial charge in [-0.1, -0.05) is 12.1 Å². The van der Waals surface area contributed by atoms with E-state index >= 15 is 0 Å². The SMILES string of the molecule is Cc1cc(Nc2nccc(Nc3cccnc3-c3ccccn3)n2)ccc1C1CCN(C)CC1. The zero-order valence-corrected chi connectivity index (χ0v) is 19.6. The first-order valence-electron chi connectivity index (χ1n) is 11.7. The minimum Gasteiger partial charge on any atom is -0.338 e. The Kier molecular flexibility index (Phi) is 6.44. The van der Waals surface area contributed by atoms with Crippen LogP contribution in [0.4, 0.5) is 23.1 Å². The van der Waals surface area contributed by atoms with Crippen molar-refractivity contribution in [3.8, 4) is 11.4 Å². The van der Waals surface area contributed by atoms with Crippen LogP contribution in [0.2, 0.25) is 0 Å². The largest absolute Gasteiger partial charge is 0.338 e. The molecule has 1 saturated heterocycles. The monoisotopic (exact) mass is 451 g/mol. The molecule has 1 aliphatic heterocycles. The fourth-order valence-corrected chi connectivity index (χ4v) is 4.50. The summed E-state index contributed by atoms with van der Waals surface area (Å²) in [4.78, 5) is 20.4. The summed E-state index contributed by atoms with van der Waals surface area (Å²) in [5.74, 6) is 1.86. The van der Waals surface area contributed by atoms with Crippen molar-refractivity contribution in [3.63, 3.8) is 0 Å². The standard InChI is InChI=1S/C27H29N7/c1-19-18-21(8-9-22(19)20-11-16-34(2)17-12-20)31-27-30-15-10-25(33-27)32-24-7-5-14-29-26(24)23-6-3-4-13-28-23/h3-10,13-15,18,20H,11-12,16-17H2,1-2H3,(H2,30,31,32,33). The van der Waals surface area contributed by atoms with Crippen molar-refractivity contribution in [3.05, 3.63) is 84.3 Å². The summed E-state index contributed by atoms with van der Waals surface area (Å²) in [7, 11) is 2.20. The average Bonchev–Trinajstić information content (AvgIpc) is 2.86. The van der Waals surface area contributed by atoms with Gasteiger partial charge >= 0.3 is 0 Å². The lowest BCUT2D eigenvalue weighted by atomic mass is 9.87. The maximum absolute atomic E-state index is 4.66. The Labute approximate surface area is 200 Å². The summed E-state index contributed by atoms with van der Waals surface area (Å²) in [6.07, 6.45) is 7.71. The summed E-state index contributed by atoms with van der Waals surface area (Å²) >= 11 is 0. The number of hydrogen-bond donors (Lipinski definition) is 2. The molecule has 0 bridgehead atoms. The zero-order valence-electron chi connectivity index (χ0n) is 19.6. The average molecular weight is 452 g/mol. The molecular formula is C27H29N7. The fraction of sp³-hybridized carbons (Fsp3) is 0.259. The van der Waals surface area contributed by atoms with Gasteiger partial charge in [0.05, 0.1) is 11.4 Å². The Balaban J connectivity index is 1.32. The molecule has 5 rings (SSSR count). The molecule has 3 aromatic heterocycles. The molecule has 0 amide bonds. The molecule has 1 aromatic carbocycles. The van der Waals surface area contributed by atoms with E-state index in [9.17, 15) is 0 Å². The highest BCUT2D eigenvalue weighted by Gasteiger charge is 2.20. The highest BCUT2D eigenvalue weighted by atomic mass is 15.1. The maximum atomic E-state index is 4.66. The molecule has 0 unspecified atom stereocenters. The van der Waals surface area contributed by atoms with Crippen LogP contribution in [0.15, 0.2) is 73.2 Å². The van der Waals surface area contributed by atoms with Gasteiger partial charge < -0.3 is 15.5 Å². The number of nitrogens with one attached hydrogen (secondary N) is 2. The van der Waals surface area contributed by atoms with E-state index in [1.807, 2.05) is 36.4 Å². The minimum atomic E-state index is 0.541. The van der Waals surface area contributed by atoms with E-state index in [0.29, 0.717) is 17.7 Å². The van der Waals surface area contributed by atoms with Crippen LogP contribution in [0.5, 0.6) is 0 Å². The lowest BCUT2D eigenvalue weighted by Crippen LogP contribution is -2.29. The third-order valence-electron chi connectivity index (χ3n) is 6.32. The summed E-state index contributed by atoms with van der Waals surface area (Å²) < 4.78 is 0. The quantitative estimate of drug-likeness (QED) is 0.398. The highest BCUT2D eigenvalue weighted by Crippen LogP contribution is 2.32. The Bertz CT molecular complexity index is 1250. The molecule has 4 heterocycles. The smallest absolute Gasteiger partial charge is 0.229 e. The normalized spacial score (nSPS) is 14.6. The third kappa shape index (κ3) is 5.05. The van der Waals surface area contributed by atoms with Gasteiger partial charge in [-0.3, -0.25) is 9.97 Å². The molecule has 1 aliphatic rings. The minimum absolute atomic E-state index is 0.541. The molecule has 34 heavy (non-hydrogen) atoms. The number of nitrogens with zero attached hydrogens (tertiary/aromatic N) is 5. The Morgan fingerprint density at radius 3 is 2.50 bits per heavy atom. The molecule has 0 spiro atoms. The zero-order chi connectivity index (χ0) is 23.3.